The van der Waals surface area contributed by atoms with Gasteiger partial charge in [-0.3, -0.25) is 0 Å². The lowest BCUT2D eigenvalue weighted by atomic mass is 9.79. The Balaban J connectivity index is 1.87. The lowest BCUT2D eigenvalue weighted by Gasteiger charge is -2.31. The molecule has 2 aliphatic rings. The Kier molecular flexibility index (Phi) is 3.20. The molecule has 0 amide bonds. The second kappa shape index (κ2) is 4.55. The van der Waals surface area contributed by atoms with Crippen LogP contribution in [0.1, 0.15) is 56.8 Å². The summed E-state index contributed by atoms with van der Waals surface area (Å²) in [5.74, 6) is 0.331. The fourth-order valence-electron chi connectivity index (χ4n) is 3.80. The van der Waals surface area contributed by atoms with E-state index < -0.39 is 0 Å². The van der Waals surface area contributed by atoms with Crippen molar-refractivity contribution in [3.63, 3.8) is 0 Å². The fourth-order valence-corrected chi connectivity index (χ4v) is 3.80. The summed E-state index contributed by atoms with van der Waals surface area (Å²) >= 11 is 0. The largest absolute Gasteiger partial charge is 0.372 e. The Morgan fingerprint density at radius 3 is 2.50 bits per heavy atom. The van der Waals surface area contributed by atoms with Crippen LogP contribution < -0.4 is 5.73 Å². The highest BCUT2D eigenvalue weighted by molar-refractivity contribution is 5.35. The predicted octanol–water partition coefficient (Wildman–Crippen LogP) is 3.31. The zero-order valence-corrected chi connectivity index (χ0v) is 12.9. The quantitative estimate of drug-likeness (QED) is 0.900. The van der Waals surface area contributed by atoms with Crippen LogP contribution in [0.5, 0.6) is 0 Å². The summed E-state index contributed by atoms with van der Waals surface area (Å²) in [6.07, 6.45) is 0.995. The van der Waals surface area contributed by atoms with Crippen molar-refractivity contribution < 1.29 is 9.47 Å². The average molecular weight is 275 g/mol. The van der Waals surface area contributed by atoms with Gasteiger partial charge < -0.3 is 15.2 Å². The molecule has 2 N–H and O–H groups in total. The van der Waals surface area contributed by atoms with Gasteiger partial charge in [0.25, 0.3) is 0 Å². The summed E-state index contributed by atoms with van der Waals surface area (Å²) in [4.78, 5) is 0. The third-order valence-electron chi connectivity index (χ3n) is 4.71. The third-order valence-corrected chi connectivity index (χ3v) is 4.71. The van der Waals surface area contributed by atoms with Gasteiger partial charge in [-0.25, -0.2) is 0 Å². The van der Waals surface area contributed by atoms with Crippen molar-refractivity contribution in [2.75, 3.05) is 0 Å². The average Bonchev–Trinajstić information content (AvgIpc) is 2.88. The van der Waals surface area contributed by atoms with E-state index >= 15 is 0 Å². The van der Waals surface area contributed by atoms with Gasteiger partial charge in [0.05, 0.1) is 24.4 Å². The predicted molar refractivity (Wildman–Crippen MR) is 79.2 cm³/mol. The molecule has 3 nitrogen and oxygen atoms in total. The van der Waals surface area contributed by atoms with Crippen molar-refractivity contribution in [1.82, 2.24) is 0 Å². The van der Waals surface area contributed by atoms with Crippen LogP contribution >= 0.6 is 0 Å². The first-order chi connectivity index (χ1) is 9.28. The summed E-state index contributed by atoms with van der Waals surface area (Å²) in [7, 11) is 0. The molecule has 3 heteroatoms. The van der Waals surface area contributed by atoms with Crippen LogP contribution in [0, 0.1) is 5.92 Å². The highest BCUT2D eigenvalue weighted by Gasteiger charge is 2.48. The van der Waals surface area contributed by atoms with E-state index in [1.807, 2.05) is 0 Å². The van der Waals surface area contributed by atoms with E-state index in [0.29, 0.717) is 12.5 Å². The molecule has 20 heavy (non-hydrogen) atoms. The second-order valence-corrected chi connectivity index (χ2v) is 7.32. The summed E-state index contributed by atoms with van der Waals surface area (Å²) < 4.78 is 11.7. The number of hydrogen-bond donors (Lipinski definition) is 1. The van der Waals surface area contributed by atoms with Crippen molar-refractivity contribution in [1.29, 1.82) is 0 Å². The molecule has 2 unspecified atom stereocenters. The zero-order chi connectivity index (χ0) is 14.5. The Morgan fingerprint density at radius 1 is 1.15 bits per heavy atom. The van der Waals surface area contributed by atoms with E-state index in [4.69, 9.17) is 15.2 Å². The Morgan fingerprint density at radius 2 is 1.85 bits per heavy atom. The third kappa shape index (κ3) is 2.39. The van der Waals surface area contributed by atoms with E-state index in [2.05, 4.69) is 45.9 Å². The molecule has 1 aromatic carbocycles. The first-order valence-corrected chi connectivity index (χ1v) is 7.44. The van der Waals surface area contributed by atoms with Gasteiger partial charge in [-0.15, -0.1) is 0 Å². The number of rotatable bonds is 2. The van der Waals surface area contributed by atoms with Crippen LogP contribution in [0.25, 0.3) is 0 Å². The lowest BCUT2D eigenvalue weighted by molar-refractivity contribution is -0.0767. The highest BCUT2D eigenvalue weighted by atomic mass is 16.5. The summed E-state index contributed by atoms with van der Waals surface area (Å²) in [6.45, 7) is 10.1. The van der Waals surface area contributed by atoms with Gasteiger partial charge in [0.15, 0.2) is 0 Å². The van der Waals surface area contributed by atoms with Crippen LogP contribution in [0.3, 0.4) is 0 Å². The van der Waals surface area contributed by atoms with Gasteiger partial charge in [-0.1, -0.05) is 18.2 Å². The van der Waals surface area contributed by atoms with Crippen LogP contribution in [-0.2, 0) is 22.7 Å². The molecule has 3 rings (SSSR count). The number of hydrogen-bond acceptors (Lipinski definition) is 3. The fraction of sp³-hybridized carbons (Fsp3) is 0.647. The maximum atomic E-state index is 6.57. The van der Waals surface area contributed by atoms with E-state index in [1.54, 1.807) is 0 Å². The first kappa shape index (κ1) is 14.1. The van der Waals surface area contributed by atoms with Crippen LogP contribution in [0.2, 0.25) is 0 Å². The summed E-state index contributed by atoms with van der Waals surface area (Å²) in [6, 6.07) is 6.54. The van der Waals surface area contributed by atoms with Crippen molar-refractivity contribution in [3.8, 4) is 0 Å². The maximum absolute atomic E-state index is 6.57. The van der Waals surface area contributed by atoms with Gasteiger partial charge in [0.1, 0.15) is 0 Å². The standard InChI is InChI=1S/C17H25NO2/c1-16(2)8-14(17(3,4)20-16)15(18)11-5-6-12-9-19-10-13(12)7-11/h5-7,14-15H,8-10,18H2,1-4H3. The Hall–Kier alpha value is -0.900. The number of benzene rings is 1. The summed E-state index contributed by atoms with van der Waals surface area (Å²) in [5, 5.41) is 0. The zero-order valence-electron chi connectivity index (χ0n) is 12.9. The number of ether oxygens (including phenoxy) is 2. The van der Waals surface area contributed by atoms with Gasteiger partial charge in [0.2, 0.25) is 0 Å². The number of nitrogens with two attached hydrogens (primary N) is 1. The molecule has 0 radical (unpaired) electrons. The molecule has 0 aliphatic carbocycles. The van der Waals surface area contributed by atoms with Crippen molar-refractivity contribution in [3.05, 3.63) is 34.9 Å². The van der Waals surface area contributed by atoms with E-state index in [1.165, 1.54) is 16.7 Å². The minimum absolute atomic E-state index is 0.0117. The Bertz CT molecular complexity index is 522. The molecule has 1 aromatic rings. The van der Waals surface area contributed by atoms with Crippen molar-refractivity contribution in [2.24, 2.45) is 11.7 Å². The minimum Gasteiger partial charge on any atom is -0.372 e. The Labute approximate surface area is 121 Å². The van der Waals surface area contributed by atoms with E-state index in [-0.39, 0.29) is 17.2 Å². The maximum Gasteiger partial charge on any atom is 0.0725 e. The topological polar surface area (TPSA) is 44.5 Å². The molecule has 0 saturated carbocycles. The molecule has 110 valence electrons. The molecule has 2 heterocycles. The van der Waals surface area contributed by atoms with Gasteiger partial charge in [-0.05, 0) is 50.8 Å². The molecular weight excluding hydrogens is 250 g/mol. The van der Waals surface area contributed by atoms with Crippen LogP contribution in [0.4, 0.5) is 0 Å². The van der Waals surface area contributed by atoms with Crippen molar-refractivity contribution in [2.45, 2.75) is 64.6 Å². The molecule has 0 bridgehead atoms. The lowest BCUT2D eigenvalue weighted by Crippen LogP contribution is -2.35. The highest BCUT2D eigenvalue weighted by Crippen LogP contribution is 2.47. The molecule has 0 spiro atoms. The molecular formula is C17H25NO2. The van der Waals surface area contributed by atoms with Crippen LogP contribution in [0.15, 0.2) is 18.2 Å². The van der Waals surface area contributed by atoms with Gasteiger partial charge in [-0.2, -0.15) is 0 Å². The second-order valence-electron chi connectivity index (χ2n) is 7.32. The minimum atomic E-state index is -0.182. The molecule has 1 fully saturated rings. The molecule has 2 atom stereocenters. The SMILES string of the molecule is CC1(C)CC(C(N)c2ccc3c(c2)COC3)C(C)(C)O1. The molecule has 0 aromatic heterocycles. The van der Waals surface area contributed by atoms with E-state index in [9.17, 15) is 0 Å². The smallest absolute Gasteiger partial charge is 0.0725 e. The summed E-state index contributed by atoms with van der Waals surface area (Å²) in [5.41, 5.74) is 10.1. The van der Waals surface area contributed by atoms with Crippen molar-refractivity contribution >= 4 is 0 Å². The molecule has 1 saturated heterocycles. The van der Waals surface area contributed by atoms with Gasteiger partial charge in [0, 0.05) is 12.0 Å². The normalized spacial score (nSPS) is 28.4. The van der Waals surface area contributed by atoms with Crippen LogP contribution in [-0.4, -0.2) is 11.2 Å². The number of fused-ring (bicyclic) bond motifs is 1. The monoisotopic (exact) mass is 275 g/mol. The van der Waals surface area contributed by atoms with E-state index in [0.717, 1.165) is 13.0 Å². The molecule has 2 aliphatic heterocycles. The van der Waals surface area contributed by atoms with Gasteiger partial charge >= 0.3 is 0 Å². The first-order valence-electron chi connectivity index (χ1n) is 7.44.